The number of rotatable bonds is 12. The third-order valence-electron chi connectivity index (χ3n) is 5.11. The number of nitrogens with one attached hydrogen (secondary N) is 2. The maximum Gasteiger partial charge on any atom is 0.335 e. The number of amides is 2. The quantitative estimate of drug-likeness (QED) is 0.240. The molecule has 3 rings (SSSR count). The number of methoxy groups -OCH3 is 2. The summed E-state index contributed by atoms with van der Waals surface area (Å²) >= 11 is 1.21. The summed E-state index contributed by atoms with van der Waals surface area (Å²) in [4.78, 5) is 35.6. The molecule has 0 aliphatic rings. The lowest BCUT2D eigenvalue weighted by Crippen LogP contribution is -2.22. The third-order valence-corrected chi connectivity index (χ3v) is 6.08. The van der Waals surface area contributed by atoms with Crippen molar-refractivity contribution >= 4 is 41.3 Å². The van der Waals surface area contributed by atoms with Crippen LogP contribution in [0.15, 0.2) is 53.7 Å². The summed E-state index contributed by atoms with van der Waals surface area (Å²) in [6.45, 7) is 2.64. The number of aromatic nitrogens is 3. The Balaban J connectivity index is 1.52. The van der Waals surface area contributed by atoms with Crippen molar-refractivity contribution in [1.82, 2.24) is 20.1 Å². The van der Waals surface area contributed by atoms with Crippen LogP contribution in [0.1, 0.15) is 28.7 Å². The summed E-state index contributed by atoms with van der Waals surface area (Å²) in [7, 11) is 3.10. The van der Waals surface area contributed by atoms with E-state index >= 15 is 0 Å². The SMILES string of the molecule is CCn1c(CNC(=O)C=Cc2ccc(OC)c(OC)c2)nnc1SCC(=O)Nc1ccc(C(=O)O)cc1. The first-order chi connectivity index (χ1) is 17.8. The molecule has 0 bridgehead atoms. The molecule has 3 N–H and O–H groups in total. The molecule has 0 spiro atoms. The van der Waals surface area contributed by atoms with Gasteiger partial charge in [0.25, 0.3) is 0 Å². The zero-order chi connectivity index (χ0) is 26.8. The van der Waals surface area contributed by atoms with Crippen LogP contribution in [0.4, 0.5) is 5.69 Å². The van der Waals surface area contributed by atoms with E-state index in [1.807, 2.05) is 17.6 Å². The minimum absolute atomic E-state index is 0.0826. The van der Waals surface area contributed by atoms with Crippen molar-refractivity contribution in [3.05, 3.63) is 65.5 Å². The molecule has 0 fully saturated rings. The second-order valence-electron chi connectivity index (χ2n) is 7.53. The minimum Gasteiger partial charge on any atom is -0.493 e. The Bertz CT molecular complexity index is 1290. The van der Waals surface area contributed by atoms with Gasteiger partial charge in [-0.1, -0.05) is 17.8 Å². The molecular formula is C25H27N5O6S. The average molecular weight is 526 g/mol. The summed E-state index contributed by atoms with van der Waals surface area (Å²) in [5, 5.41) is 23.3. The van der Waals surface area contributed by atoms with E-state index < -0.39 is 5.97 Å². The molecule has 2 aromatic carbocycles. The predicted molar refractivity (Wildman–Crippen MR) is 139 cm³/mol. The maximum atomic E-state index is 12.3. The molecule has 0 aliphatic heterocycles. The Kier molecular flexibility index (Phi) is 9.67. The highest BCUT2D eigenvalue weighted by Gasteiger charge is 2.14. The van der Waals surface area contributed by atoms with Crippen LogP contribution < -0.4 is 20.1 Å². The van der Waals surface area contributed by atoms with Crippen molar-refractivity contribution in [1.29, 1.82) is 0 Å². The third kappa shape index (κ3) is 7.58. The van der Waals surface area contributed by atoms with Gasteiger partial charge in [-0.2, -0.15) is 0 Å². The van der Waals surface area contributed by atoms with E-state index in [1.165, 1.54) is 42.1 Å². The van der Waals surface area contributed by atoms with E-state index in [0.717, 1.165) is 5.56 Å². The Hall–Kier alpha value is -4.32. The van der Waals surface area contributed by atoms with Crippen molar-refractivity contribution in [2.24, 2.45) is 0 Å². The first-order valence-electron chi connectivity index (χ1n) is 11.2. The van der Waals surface area contributed by atoms with Gasteiger partial charge in [0.05, 0.1) is 32.1 Å². The van der Waals surface area contributed by atoms with E-state index in [9.17, 15) is 14.4 Å². The molecular weight excluding hydrogens is 498 g/mol. The molecule has 0 saturated carbocycles. The van der Waals surface area contributed by atoms with Crippen LogP contribution >= 0.6 is 11.8 Å². The van der Waals surface area contributed by atoms with Crippen LogP contribution in [0.25, 0.3) is 6.08 Å². The number of ether oxygens (including phenoxy) is 2. The Morgan fingerprint density at radius 2 is 1.78 bits per heavy atom. The smallest absolute Gasteiger partial charge is 0.335 e. The van der Waals surface area contributed by atoms with Crippen molar-refractivity contribution in [3.8, 4) is 11.5 Å². The highest BCUT2D eigenvalue weighted by atomic mass is 32.2. The van der Waals surface area contributed by atoms with Crippen molar-refractivity contribution in [2.75, 3.05) is 25.3 Å². The van der Waals surface area contributed by atoms with Crippen LogP contribution in [0.2, 0.25) is 0 Å². The lowest BCUT2D eigenvalue weighted by atomic mass is 10.2. The molecule has 2 amide bonds. The summed E-state index contributed by atoms with van der Waals surface area (Å²) in [6, 6.07) is 11.2. The predicted octanol–water partition coefficient (Wildman–Crippen LogP) is 3.07. The number of carbonyl (C=O) groups is 3. The van der Waals surface area contributed by atoms with Gasteiger partial charge in [0, 0.05) is 18.3 Å². The topological polar surface area (TPSA) is 145 Å². The molecule has 0 saturated heterocycles. The molecule has 3 aromatic rings. The maximum absolute atomic E-state index is 12.3. The summed E-state index contributed by atoms with van der Waals surface area (Å²) in [5.41, 5.74) is 1.41. The van der Waals surface area contributed by atoms with Crippen molar-refractivity contribution in [3.63, 3.8) is 0 Å². The van der Waals surface area contributed by atoms with Gasteiger partial charge < -0.3 is 29.8 Å². The number of carboxylic acids is 1. The van der Waals surface area contributed by atoms with Gasteiger partial charge in [0.2, 0.25) is 11.8 Å². The lowest BCUT2D eigenvalue weighted by Gasteiger charge is -2.08. The Morgan fingerprint density at radius 1 is 1.05 bits per heavy atom. The van der Waals surface area contributed by atoms with E-state index in [1.54, 1.807) is 32.4 Å². The minimum atomic E-state index is -1.03. The highest BCUT2D eigenvalue weighted by Crippen LogP contribution is 2.28. The second-order valence-corrected chi connectivity index (χ2v) is 8.47. The number of anilines is 1. The van der Waals surface area contributed by atoms with E-state index in [0.29, 0.717) is 34.7 Å². The molecule has 194 valence electrons. The molecule has 11 nitrogen and oxygen atoms in total. The monoisotopic (exact) mass is 525 g/mol. The van der Waals surface area contributed by atoms with Crippen molar-refractivity contribution in [2.45, 2.75) is 25.2 Å². The summed E-state index contributed by atoms with van der Waals surface area (Å²) in [5.74, 6) is 0.200. The number of aromatic carboxylic acids is 1. The molecule has 37 heavy (non-hydrogen) atoms. The number of carbonyl (C=O) groups excluding carboxylic acids is 2. The number of hydrogen-bond acceptors (Lipinski definition) is 8. The van der Waals surface area contributed by atoms with Gasteiger partial charge in [-0.05, 0) is 55.0 Å². The van der Waals surface area contributed by atoms with Gasteiger partial charge in [0.15, 0.2) is 22.5 Å². The standard InChI is InChI=1S/C25H27N5O6S/c1-4-30-21(14-26-22(31)12-6-16-5-11-19(35-2)20(13-16)36-3)28-29-25(30)37-15-23(32)27-18-9-7-17(8-10-18)24(33)34/h5-13H,4,14-15H2,1-3H3,(H,26,31)(H,27,32)(H,33,34). The zero-order valence-corrected chi connectivity index (χ0v) is 21.4. The largest absolute Gasteiger partial charge is 0.493 e. The van der Waals surface area contributed by atoms with Gasteiger partial charge in [-0.25, -0.2) is 4.79 Å². The average Bonchev–Trinajstić information content (AvgIpc) is 3.31. The van der Waals surface area contributed by atoms with Gasteiger partial charge in [0.1, 0.15) is 0 Å². The molecule has 0 atom stereocenters. The van der Waals surface area contributed by atoms with Gasteiger partial charge in [-0.3, -0.25) is 9.59 Å². The molecule has 0 aliphatic carbocycles. The summed E-state index contributed by atoms with van der Waals surface area (Å²) < 4.78 is 12.3. The van der Waals surface area contributed by atoms with E-state index in [2.05, 4.69) is 20.8 Å². The van der Waals surface area contributed by atoms with E-state index in [-0.39, 0.29) is 29.7 Å². The Labute approximate surface area is 217 Å². The molecule has 1 heterocycles. The highest BCUT2D eigenvalue weighted by molar-refractivity contribution is 7.99. The van der Waals surface area contributed by atoms with Gasteiger partial charge >= 0.3 is 5.97 Å². The van der Waals surface area contributed by atoms with Crippen molar-refractivity contribution < 1.29 is 29.0 Å². The van der Waals surface area contributed by atoms with Crippen LogP contribution in [0.3, 0.4) is 0 Å². The first kappa shape index (κ1) is 27.3. The summed E-state index contributed by atoms with van der Waals surface area (Å²) in [6.07, 6.45) is 3.08. The first-order valence-corrected chi connectivity index (χ1v) is 12.2. The molecule has 0 radical (unpaired) electrons. The number of nitrogens with zero attached hydrogens (tertiary/aromatic N) is 3. The molecule has 1 aromatic heterocycles. The number of carboxylic acid groups (broad SMARTS) is 1. The fourth-order valence-corrected chi connectivity index (χ4v) is 4.07. The lowest BCUT2D eigenvalue weighted by molar-refractivity contribution is -0.116. The van der Waals surface area contributed by atoms with Crippen LogP contribution in [-0.4, -0.2) is 57.6 Å². The zero-order valence-electron chi connectivity index (χ0n) is 20.6. The number of thioether (sulfide) groups is 1. The molecule has 0 unspecified atom stereocenters. The van der Waals surface area contributed by atoms with Crippen LogP contribution in [0.5, 0.6) is 11.5 Å². The van der Waals surface area contributed by atoms with Gasteiger partial charge in [-0.15, -0.1) is 10.2 Å². The van der Waals surface area contributed by atoms with Crippen LogP contribution in [0, 0.1) is 0 Å². The second kappa shape index (κ2) is 13.1. The normalized spacial score (nSPS) is 10.8. The van der Waals surface area contributed by atoms with Crippen LogP contribution in [-0.2, 0) is 22.7 Å². The molecule has 12 heteroatoms. The fourth-order valence-electron chi connectivity index (χ4n) is 3.25. The van der Waals surface area contributed by atoms with E-state index in [4.69, 9.17) is 14.6 Å². The Morgan fingerprint density at radius 3 is 2.43 bits per heavy atom. The fraction of sp³-hybridized carbons (Fsp3) is 0.240. The number of hydrogen-bond donors (Lipinski definition) is 3. The number of benzene rings is 2.